The van der Waals surface area contributed by atoms with Crippen LogP contribution in [0.1, 0.15) is 5.56 Å². The summed E-state index contributed by atoms with van der Waals surface area (Å²) in [6, 6.07) is 17.6. The van der Waals surface area contributed by atoms with Gasteiger partial charge in [-0.15, -0.1) is 0 Å². The second-order valence-electron chi connectivity index (χ2n) is 5.28. The van der Waals surface area contributed by atoms with Crippen molar-refractivity contribution in [2.45, 2.75) is 6.42 Å². The van der Waals surface area contributed by atoms with Crippen molar-refractivity contribution in [3.05, 3.63) is 81.4 Å². The van der Waals surface area contributed by atoms with Crippen molar-refractivity contribution in [1.82, 2.24) is 0 Å². The second-order valence-corrected chi connectivity index (χ2v) is 5.69. The number of hydrogen-bond acceptors (Lipinski definition) is 3. The first-order chi connectivity index (χ1) is 11.5. The van der Waals surface area contributed by atoms with E-state index in [9.17, 15) is 14.9 Å². The van der Waals surface area contributed by atoms with Crippen molar-refractivity contribution in [3.8, 4) is 0 Å². The smallest absolute Gasteiger partial charge is 0.271 e. The van der Waals surface area contributed by atoms with Gasteiger partial charge in [0.1, 0.15) is 0 Å². The molecule has 3 rings (SSSR count). The molecule has 0 radical (unpaired) electrons. The van der Waals surface area contributed by atoms with Crippen LogP contribution in [0.2, 0.25) is 5.02 Å². The van der Waals surface area contributed by atoms with Crippen molar-refractivity contribution in [3.63, 3.8) is 0 Å². The Morgan fingerprint density at radius 3 is 2.58 bits per heavy atom. The van der Waals surface area contributed by atoms with Gasteiger partial charge in [-0.2, -0.15) is 0 Å². The number of nitrogens with one attached hydrogen (secondary N) is 1. The fraction of sp³-hybridized carbons (Fsp3) is 0.0556. The highest BCUT2D eigenvalue weighted by atomic mass is 35.5. The van der Waals surface area contributed by atoms with Gasteiger partial charge in [0, 0.05) is 12.1 Å². The number of carbonyl (C=O) groups excluding carboxylic acids is 1. The van der Waals surface area contributed by atoms with E-state index in [0.29, 0.717) is 5.69 Å². The minimum atomic E-state index is -0.534. The average Bonchev–Trinajstić information content (AvgIpc) is 2.57. The van der Waals surface area contributed by atoms with Crippen molar-refractivity contribution in [1.29, 1.82) is 0 Å². The van der Waals surface area contributed by atoms with E-state index < -0.39 is 4.92 Å². The molecule has 24 heavy (non-hydrogen) atoms. The van der Waals surface area contributed by atoms with Crippen LogP contribution in [0.25, 0.3) is 10.8 Å². The molecule has 5 nitrogen and oxygen atoms in total. The van der Waals surface area contributed by atoms with Crippen LogP contribution in [0.4, 0.5) is 11.4 Å². The van der Waals surface area contributed by atoms with E-state index in [1.54, 1.807) is 0 Å². The molecule has 0 aliphatic carbocycles. The number of benzene rings is 3. The SMILES string of the molecule is O=C(Cc1cccc2ccccc12)Nc1ccc([N+](=O)[O-])cc1Cl. The summed E-state index contributed by atoms with van der Waals surface area (Å²) in [5.74, 6) is -0.234. The minimum absolute atomic E-state index is 0.118. The van der Waals surface area contributed by atoms with Crippen LogP contribution in [0.5, 0.6) is 0 Å². The van der Waals surface area contributed by atoms with Crippen LogP contribution in [0, 0.1) is 10.1 Å². The van der Waals surface area contributed by atoms with Gasteiger partial charge < -0.3 is 5.32 Å². The number of fused-ring (bicyclic) bond motifs is 1. The number of amides is 1. The third-order valence-corrected chi connectivity index (χ3v) is 3.98. The number of non-ortho nitro benzene ring substituents is 1. The van der Waals surface area contributed by atoms with E-state index in [1.807, 2.05) is 42.5 Å². The molecule has 3 aromatic rings. The predicted octanol–water partition coefficient (Wildman–Crippen LogP) is 4.58. The number of rotatable bonds is 4. The molecule has 1 amide bonds. The molecule has 0 spiro atoms. The van der Waals surface area contributed by atoms with E-state index in [-0.39, 0.29) is 23.0 Å². The molecule has 0 atom stereocenters. The second kappa shape index (κ2) is 6.68. The molecule has 0 fully saturated rings. The molecule has 0 saturated heterocycles. The summed E-state index contributed by atoms with van der Waals surface area (Å²) in [5, 5.41) is 15.6. The zero-order valence-electron chi connectivity index (χ0n) is 12.5. The molecule has 0 aliphatic heterocycles. The highest BCUT2D eigenvalue weighted by molar-refractivity contribution is 6.34. The zero-order chi connectivity index (χ0) is 17.1. The van der Waals surface area contributed by atoms with Crippen molar-refractivity contribution in [2.24, 2.45) is 0 Å². The maximum Gasteiger partial charge on any atom is 0.271 e. The Hall–Kier alpha value is -2.92. The fourth-order valence-electron chi connectivity index (χ4n) is 2.53. The fourth-order valence-corrected chi connectivity index (χ4v) is 2.76. The van der Waals surface area contributed by atoms with Crippen LogP contribution < -0.4 is 5.32 Å². The maximum absolute atomic E-state index is 12.3. The lowest BCUT2D eigenvalue weighted by Crippen LogP contribution is -2.15. The van der Waals surface area contributed by atoms with E-state index in [4.69, 9.17) is 11.6 Å². The molecule has 3 aromatic carbocycles. The quantitative estimate of drug-likeness (QED) is 0.558. The summed E-state index contributed by atoms with van der Waals surface area (Å²) in [6.07, 6.45) is 0.189. The van der Waals surface area contributed by atoms with Gasteiger partial charge in [-0.05, 0) is 22.4 Å². The number of nitro benzene ring substituents is 1. The van der Waals surface area contributed by atoms with Crippen molar-refractivity contribution >= 4 is 39.7 Å². The molecule has 0 aliphatic rings. The van der Waals surface area contributed by atoms with Crippen LogP contribution in [-0.4, -0.2) is 10.8 Å². The molecular weight excluding hydrogens is 328 g/mol. The van der Waals surface area contributed by atoms with Crippen LogP contribution >= 0.6 is 11.6 Å². The summed E-state index contributed by atoms with van der Waals surface area (Å²) in [5.41, 5.74) is 1.14. The Labute approximate surface area is 143 Å². The van der Waals surface area contributed by atoms with Crippen LogP contribution in [-0.2, 0) is 11.2 Å². The Bertz CT molecular complexity index is 935. The van der Waals surface area contributed by atoms with E-state index in [2.05, 4.69) is 5.32 Å². The summed E-state index contributed by atoms with van der Waals surface area (Å²) in [6.45, 7) is 0. The summed E-state index contributed by atoms with van der Waals surface area (Å²) < 4.78 is 0. The topological polar surface area (TPSA) is 72.2 Å². The van der Waals surface area contributed by atoms with Gasteiger partial charge in [-0.3, -0.25) is 14.9 Å². The highest BCUT2D eigenvalue weighted by Gasteiger charge is 2.12. The van der Waals surface area contributed by atoms with Gasteiger partial charge >= 0.3 is 0 Å². The average molecular weight is 341 g/mol. The lowest BCUT2D eigenvalue weighted by molar-refractivity contribution is -0.384. The standard InChI is InChI=1S/C18H13ClN2O3/c19-16-11-14(21(23)24)8-9-17(16)20-18(22)10-13-6-3-5-12-4-1-2-7-15(12)13/h1-9,11H,10H2,(H,20,22). The van der Waals surface area contributed by atoms with Gasteiger partial charge in [0.05, 0.1) is 22.1 Å². The number of halogens is 1. The summed E-state index contributed by atoms with van der Waals surface area (Å²) in [4.78, 5) is 22.5. The van der Waals surface area contributed by atoms with Gasteiger partial charge in [0.25, 0.3) is 5.69 Å². The highest BCUT2D eigenvalue weighted by Crippen LogP contribution is 2.27. The van der Waals surface area contributed by atoms with Crippen LogP contribution in [0.3, 0.4) is 0 Å². The lowest BCUT2D eigenvalue weighted by Gasteiger charge is -2.09. The Balaban J connectivity index is 1.79. The molecular formula is C18H13ClN2O3. The largest absolute Gasteiger partial charge is 0.324 e. The normalized spacial score (nSPS) is 10.5. The number of carbonyl (C=O) groups is 1. The van der Waals surface area contributed by atoms with Gasteiger partial charge in [0.2, 0.25) is 5.91 Å². The number of nitro groups is 1. The van der Waals surface area contributed by atoms with Crippen LogP contribution in [0.15, 0.2) is 60.7 Å². The molecule has 0 heterocycles. The first-order valence-corrected chi connectivity index (χ1v) is 7.63. The molecule has 0 unspecified atom stereocenters. The van der Waals surface area contributed by atoms with E-state index in [1.165, 1.54) is 18.2 Å². The van der Waals surface area contributed by atoms with Gasteiger partial charge in [-0.25, -0.2) is 0 Å². The number of nitrogens with zero attached hydrogens (tertiary/aromatic N) is 1. The third kappa shape index (κ3) is 3.36. The molecule has 0 aromatic heterocycles. The predicted molar refractivity (Wildman–Crippen MR) is 94.4 cm³/mol. The molecule has 120 valence electrons. The Morgan fingerprint density at radius 1 is 1.08 bits per heavy atom. The minimum Gasteiger partial charge on any atom is -0.324 e. The third-order valence-electron chi connectivity index (χ3n) is 3.67. The number of hydrogen-bond donors (Lipinski definition) is 1. The van der Waals surface area contributed by atoms with Gasteiger partial charge in [0.15, 0.2) is 0 Å². The summed E-state index contributed by atoms with van der Waals surface area (Å²) >= 11 is 6.00. The first-order valence-electron chi connectivity index (χ1n) is 7.25. The summed E-state index contributed by atoms with van der Waals surface area (Å²) in [7, 11) is 0. The van der Waals surface area contributed by atoms with Crippen molar-refractivity contribution < 1.29 is 9.72 Å². The maximum atomic E-state index is 12.3. The molecule has 0 bridgehead atoms. The first kappa shape index (κ1) is 16.0. The van der Waals surface area contributed by atoms with E-state index >= 15 is 0 Å². The van der Waals surface area contributed by atoms with Gasteiger partial charge in [-0.1, -0.05) is 54.1 Å². The molecule has 6 heteroatoms. The Morgan fingerprint density at radius 2 is 1.83 bits per heavy atom. The Kier molecular flexibility index (Phi) is 4.44. The number of anilines is 1. The van der Waals surface area contributed by atoms with E-state index in [0.717, 1.165) is 16.3 Å². The lowest BCUT2D eigenvalue weighted by atomic mass is 10.0. The zero-order valence-corrected chi connectivity index (χ0v) is 13.3. The molecule has 1 N–H and O–H groups in total. The monoisotopic (exact) mass is 340 g/mol. The van der Waals surface area contributed by atoms with Crippen molar-refractivity contribution in [2.75, 3.05) is 5.32 Å². The molecule has 0 saturated carbocycles.